The maximum absolute atomic E-state index is 12.9. The first-order valence-corrected chi connectivity index (χ1v) is 13.8. The normalized spacial score (nSPS) is 22.1. The Labute approximate surface area is 191 Å². The van der Waals surface area contributed by atoms with E-state index in [1.54, 1.807) is 20.8 Å². The van der Waals surface area contributed by atoms with E-state index >= 15 is 0 Å². The topological polar surface area (TPSA) is 98.9 Å². The highest BCUT2D eigenvalue weighted by molar-refractivity contribution is 6.74. The summed E-state index contributed by atoms with van der Waals surface area (Å²) in [6.07, 6.45) is 0.169. The summed E-state index contributed by atoms with van der Waals surface area (Å²) in [7, 11) is -2.52. The summed E-state index contributed by atoms with van der Waals surface area (Å²) in [6, 6.07) is 9.31. The minimum Gasteiger partial charge on any atom is -0.541 e. The van der Waals surface area contributed by atoms with Crippen LogP contribution in [-0.2, 0) is 20.4 Å². The molecule has 0 amide bonds. The van der Waals surface area contributed by atoms with E-state index < -0.39 is 30.5 Å². The quantitative estimate of drug-likeness (QED) is 0.300. The molecule has 2 rings (SSSR count). The number of nitrogens with zero attached hydrogens (tertiary/aromatic N) is 1. The maximum Gasteiger partial charge on any atom is 0.346 e. The van der Waals surface area contributed by atoms with Crippen LogP contribution in [0.1, 0.15) is 47.1 Å². The monoisotopic (exact) mass is 461 g/mol. The molecule has 0 heterocycles. The van der Waals surface area contributed by atoms with Gasteiger partial charge in [-0.15, -0.1) is 0 Å². The number of hydrogen-bond donors (Lipinski definition) is 1. The molecule has 1 aliphatic carbocycles. The second-order valence-electron chi connectivity index (χ2n) is 9.88. The number of allylic oxidation sites excluding steroid dienone is 1. The first-order chi connectivity index (χ1) is 14.7. The van der Waals surface area contributed by atoms with E-state index in [0.717, 1.165) is 5.56 Å². The van der Waals surface area contributed by atoms with Crippen molar-refractivity contribution < 1.29 is 24.0 Å². The lowest BCUT2D eigenvalue weighted by Crippen LogP contribution is -2.49. The fourth-order valence-corrected chi connectivity index (χ4v) is 5.06. The second-order valence-corrected chi connectivity index (χ2v) is 14.6. The Bertz CT molecular complexity index is 945. The Hall–Kier alpha value is -2.61. The van der Waals surface area contributed by atoms with Gasteiger partial charge in [-0.1, -0.05) is 58.0 Å². The van der Waals surface area contributed by atoms with Crippen molar-refractivity contribution in [2.75, 3.05) is 6.61 Å². The summed E-state index contributed by atoms with van der Waals surface area (Å²) < 4.78 is 12.2. The molecule has 1 aromatic carbocycles. The lowest BCUT2D eigenvalue weighted by Gasteiger charge is -2.44. The molecule has 0 aliphatic heterocycles. The van der Waals surface area contributed by atoms with Gasteiger partial charge in [-0.2, -0.15) is 0 Å². The van der Waals surface area contributed by atoms with Crippen LogP contribution in [0.2, 0.25) is 18.1 Å². The van der Waals surface area contributed by atoms with Gasteiger partial charge in [0, 0.05) is 5.92 Å². The Morgan fingerprint density at radius 1 is 1.25 bits per heavy atom. The molecule has 176 valence electrons. The molecule has 2 unspecified atom stereocenters. The van der Waals surface area contributed by atoms with Gasteiger partial charge < -0.3 is 14.3 Å². The molecule has 0 spiro atoms. The van der Waals surface area contributed by atoms with Crippen molar-refractivity contribution >= 4 is 14.3 Å². The molecule has 7 nitrogen and oxygen atoms in total. The van der Waals surface area contributed by atoms with Crippen molar-refractivity contribution in [2.24, 2.45) is 11.3 Å². The lowest BCUT2D eigenvalue weighted by molar-refractivity contribution is -0.428. The minimum atomic E-state index is -2.52. The number of carboxylic acid groups (broad SMARTS) is 1. The Morgan fingerprint density at radius 3 is 2.25 bits per heavy atom. The summed E-state index contributed by atoms with van der Waals surface area (Å²) in [4.78, 5) is 24.6. The first kappa shape index (κ1) is 25.6. The highest BCUT2D eigenvalue weighted by Crippen LogP contribution is 2.52. The van der Waals surface area contributed by atoms with Gasteiger partial charge in [0.2, 0.25) is 14.1 Å². The van der Waals surface area contributed by atoms with Crippen LogP contribution < -0.4 is 0 Å². The van der Waals surface area contributed by atoms with Gasteiger partial charge in [-0.25, -0.2) is 0 Å². The third kappa shape index (κ3) is 4.46. The molecule has 0 saturated carbocycles. The molecule has 8 heteroatoms. The van der Waals surface area contributed by atoms with Gasteiger partial charge in [0.15, 0.2) is 5.76 Å². The molecular formula is C24H35NO6Si. The van der Waals surface area contributed by atoms with Crippen molar-refractivity contribution in [1.82, 2.24) is 0 Å². The van der Waals surface area contributed by atoms with Crippen molar-refractivity contribution in [2.45, 2.75) is 66.1 Å². The van der Waals surface area contributed by atoms with Crippen LogP contribution in [0.15, 0.2) is 53.1 Å². The smallest absolute Gasteiger partial charge is 0.346 e. The van der Waals surface area contributed by atoms with E-state index in [9.17, 15) is 20.0 Å². The summed E-state index contributed by atoms with van der Waals surface area (Å²) in [5.41, 5.74) is -0.527. The van der Waals surface area contributed by atoms with E-state index in [2.05, 4.69) is 0 Å². The van der Waals surface area contributed by atoms with Gasteiger partial charge in [-0.3, -0.25) is 14.9 Å². The fourth-order valence-electron chi connectivity index (χ4n) is 3.93. The fraction of sp³-hybridized carbons (Fsp3) is 0.542. The summed E-state index contributed by atoms with van der Waals surface area (Å²) in [5.74, 6) is -1.71. The van der Waals surface area contributed by atoms with E-state index in [0.29, 0.717) is 5.57 Å². The molecule has 0 fully saturated rings. The highest BCUT2D eigenvalue weighted by atomic mass is 28.4. The molecule has 1 aliphatic rings. The number of carbonyl (C=O) groups is 1. The van der Waals surface area contributed by atoms with Crippen LogP contribution >= 0.6 is 0 Å². The second kappa shape index (κ2) is 9.09. The molecule has 1 N–H and O–H groups in total. The van der Waals surface area contributed by atoms with E-state index in [4.69, 9.17) is 9.16 Å². The Morgan fingerprint density at radius 2 is 1.81 bits per heavy atom. The van der Waals surface area contributed by atoms with Crippen molar-refractivity contribution in [3.63, 3.8) is 0 Å². The van der Waals surface area contributed by atoms with Gasteiger partial charge in [0.25, 0.3) is 0 Å². The zero-order valence-electron chi connectivity index (χ0n) is 20.3. The zero-order valence-corrected chi connectivity index (χ0v) is 21.3. The number of hydrogen-bond acceptors (Lipinski definition) is 5. The molecule has 1 aromatic rings. The van der Waals surface area contributed by atoms with E-state index in [1.807, 2.05) is 64.2 Å². The van der Waals surface area contributed by atoms with Crippen LogP contribution in [0.25, 0.3) is 0 Å². The predicted octanol–water partition coefficient (Wildman–Crippen LogP) is 5.77. The number of carboxylic acids is 1. The highest BCUT2D eigenvalue weighted by Gasteiger charge is 2.57. The van der Waals surface area contributed by atoms with Crippen LogP contribution in [0.5, 0.6) is 0 Å². The molecule has 2 atom stereocenters. The molecule has 0 saturated heterocycles. The van der Waals surface area contributed by atoms with Gasteiger partial charge in [0.05, 0.1) is 11.5 Å². The number of ether oxygens (including phenoxy) is 1. The molecule has 0 bridgehead atoms. The van der Waals surface area contributed by atoms with Crippen molar-refractivity contribution in [1.29, 1.82) is 0 Å². The summed E-state index contributed by atoms with van der Waals surface area (Å²) in [5, 5.41) is 22.6. The van der Waals surface area contributed by atoms with Crippen LogP contribution in [0.4, 0.5) is 0 Å². The predicted molar refractivity (Wildman–Crippen MR) is 126 cm³/mol. The average Bonchev–Trinajstić information content (AvgIpc) is 2.68. The Balaban J connectivity index is 2.84. The number of benzene rings is 1. The SMILES string of the molecule is CCOC1=C(C)C(Cc2ccccc2)(C(=O)O)C(C)C(O[Si](C)(C)C(C)(C)C)=C1[N+](=O)[O-]. The summed E-state index contributed by atoms with van der Waals surface area (Å²) >= 11 is 0. The number of aliphatic carboxylic acids is 1. The largest absolute Gasteiger partial charge is 0.541 e. The third-order valence-electron chi connectivity index (χ3n) is 6.94. The van der Waals surface area contributed by atoms with Crippen LogP contribution in [0, 0.1) is 21.4 Å². The van der Waals surface area contributed by atoms with Gasteiger partial charge in [-0.05, 0) is 49.5 Å². The summed E-state index contributed by atoms with van der Waals surface area (Å²) in [6.45, 7) is 15.4. The average molecular weight is 462 g/mol. The van der Waals surface area contributed by atoms with Gasteiger partial charge in [0.1, 0.15) is 5.41 Å². The maximum atomic E-state index is 12.9. The van der Waals surface area contributed by atoms with E-state index in [-0.39, 0.29) is 35.3 Å². The van der Waals surface area contributed by atoms with Crippen LogP contribution in [-0.4, -0.2) is 30.9 Å². The molecule has 32 heavy (non-hydrogen) atoms. The molecule has 0 aromatic heterocycles. The molecular weight excluding hydrogens is 426 g/mol. The number of nitro groups is 1. The minimum absolute atomic E-state index is 0.00244. The molecule has 0 radical (unpaired) electrons. The van der Waals surface area contributed by atoms with Crippen molar-refractivity contribution in [3.8, 4) is 0 Å². The van der Waals surface area contributed by atoms with Gasteiger partial charge >= 0.3 is 11.7 Å². The third-order valence-corrected chi connectivity index (χ3v) is 11.3. The standard InChI is InChI=1S/C24H35NO6Si/c1-9-30-20-16(2)24(22(26)27,15-18-13-11-10-12-14-18)17(3)21(19(20)25(28)29)31-32(7,8)23(4,5)6/h10-14,17H,9,15H2,1-8H3,(H,26,27). The zero-order chi connectivity index (χ0) is 24.5. The first-order valence-electron chi connectivity index (χ1n) is 10.9. The Kier molecular flexibility index (Phi) is 7.29. The number of rotatable bonds is 8. The van der Waals surface area contributed by atoms with E-state index in [1.165, 1.54) is 0 Å². The van der Waals surface area contributed by atoms with Crippen LogP contribution in [0.3, 0.4) is 0 Å². The lowest BCUT2D eigenvalue weighted by atomic mass is 9.63. The van der Waals surface area contributed by atoms with Crippen molar-refractivity contribution in [3.05, 3.63) is 68.8 Å².